The van der Waals surface area contributed by atoms with Crippen molar-refractivity contribution in [3.63, 3.8) is 0 Å². The molecule has 0 N–H and O–H groups in total. The summed E-state index contributed by atoms with van der Waals surface area (Å²) >= 11 is 0. The fourth-order valence-electron chi connectivity index (χ4n) is 2.42. The van der Waals surface area contributed by atoms with Gasteiger partial charge < -0.3 is 9.47 Å². The molecule has 114 valence electrons. The molecular formula is C14H15ClO5S. The fourth-order valence-corrected chi connectivity index (χ4v) is 3.22. The molecule has 3 rings (SSSR count). The number of carbonyl (C=O) groups is 1. The Morgan fingerprint density at radius 3 is 2.71 bits per heavy atom. The van der Waals surface area contributed by atoms with Crippen molar-refractivity contribution in [3.05, 3.63) is 23.8 Å². The van der Waals surface area contributed by atoms with E-state index in [4.69, 9.17) is 20.2 Å². The zero-order valence-corrected chi connectivity index (χ0v) is 12.8. The molecule has 5 nitrogen and oxygen atoms in total. The van der Waals surface area contributed by atoms with Crippen LogP contribution in [0, 0.1) is 5.92 Å². The molecule has 0 spiro atoms. The van der Waals surface area contributed by atoms with Crippen molar-refractivity contribution in [1.82, 2.24) is 0 Å². The van der Waals surface area contributed by atoms with E-state index in [1.54, 1.807) is 6.07 Å². The first-order valence-electron chi connectivity index (χ1n) is 6.84. The summed E-state index contributed by atoms with van der Waals surface area (Å²) in [5.41, 5.74) is 0.665. The van der Waals surface area contributed by atoms with Crippen LogP contribution in [0.3, 0.4) is 0 Å². The Labute approximate surface area is 127 Å². The second-order valence-electron chi connectivity index (χ2n) is 5.41. The standard InChI is InChI=1S/C14H15ClO5S/c15-21(17,18)12-4-5-13-9(7-12)6-10(8-19-13)14(16)20-11-2-1-3-11/h4-5,7,10-11H,1-3,6,8H2. The third-order valence-electron chi connectivity index (χ3n) is 3.89. The van der Waals surface area contributed by atoms with E-state index in [0.29, 0.717) is 17.7 Å². The normalized spacial score (nSPS) is 21.9. The van der Waals surface area contributed by atoms with Gasteiger partial charge in [0.25, 0.3) is 9.05 Å². The summed E-state index contributed by atoms with van der Waals surface area (Å²) in [5, 5.41) is 0. The van der Waals surface area contributed by atoms with E-state index >= 15 is 0 Å². The number of ether oxygens (including phenoxy) is 2. The summed E-state index contributed by atoms with van der Waals surface area (Å²) in [4.78, 5) is 12.1. The van der Waals surface area contributed by atoms with Crippen LogP contribution in [0.25, 0.3) is 0 Å². The minimum Gasteiger partial charge on any atom is -0.492 e. The first kappa shape index (κ1) is 14.7. The molecule has 0 radical (unpaired) electrons. The Morgan fingerprint density at radius 2 is 2.10 bits per heavy atom. The summed E-state index contributed by atoms with van der Waals surface area (Å²) in [6.07, 6.45) is 3.38. The van der Waals surface area contributed by atoms with Gasteiger partial charge in [0.05, 0.1) is 10.8 Å². The minimum absolute atomic E-state index is 0.0135. The maximum Gasteiger partial charge on any atom is 0.313 e. The van der Waals surface area contributed by atoms with Gasteiger partial charge in [0.15, 0.2) is 0 Å². The van der Waals surface area contributed by atoms with E-state index in [1.165, 1.54) is 12.1 Å². The Balaban J connectivity index is 1.75. The maximum atomic E-state index is 12.0. The number of hydrogen-bond acceptors (Lipinski definition) is 5. The van der Waals surface area contributed by atoms with Crippen LogP contribution in [0.5, 0.6) is 5.75 Å². The average molecular weight is 331 g/mol. The molecule has 1 atom stereocenters. The molecule has 0 bridgehead atoms. The van der Waals surface area contributed by atoms with Gasteiger partial charge in [-0.3, -0.25) is 4.79 Å². The van der Waals surface area contributed by atoms with Crippen LogP contribution < -0.4 is 4.74 Å². The first-order chi connectivity index (χ1) is 9.93. The van der Waals surface area contributed by atoms with Gasteiger partial charge in [-0.15, -0.1) is 0 Å². The molecule has 0 aromatic heterocycles. The van der Waals surface area contributed by atoms with Crippen molar-refractivity contribution in [2.75, 3.05) is 6.61 Å². The SMILES string of the molecule is O=C(OC1CCC1)C1COc2ccc(S(=O)(=O)Cl)cc2C1. The Kier molecular flexibility index (Phi) is 3.84. The lowest BCUT2D eigenvalue weighted by Gasteiger charge is -2.29. The molecule has 1 heterocycles. The van der Waals surface area contributed by atoms with Crippen LogP contribution in [0.2, 0.25) is 0 Å². The number of esters is 1. The molecular weight excluding hydrogens is 316 g/mol. The molecule has 1 saturated carbocycles. The molecule has 1 aromatic rings. The molecule has 1 aliphatic carbocycles. The van der Waals surface area contributed by atoms with Crippen molar-refractivity contribution in [3.8, 4) is 5.75 Å². The second-order valence-corrected chi connectivity index (χ2v) is 7.98. The number of hydrogen-bond donors (Lipinski definition) is 0. The molecule has 1 unspecified atom stereocenters. The van der Waals surface area contributed by atoms with Crippen LogP contribution >= 0.6 is 10.7 Å². The number of rotatable bonds is 3. The maximum absolute atomic E-state index is 12.0. The highest BCUT2D eigenvalue weighted by atomic mass is 35.7. The Morgan fingerprint density at radius 1 is 1.33 bits per heavy atom. The van der Waals surface area contributed by atoms with Gasteiger partial charge in [0.2, 0.25) is 0 Å². The summed E-state index contributed by atoms with van der Waals surface area (Å²) in [7, 11) is 1.55. The first-order valence-corrected chi connectivity index (χ1v) is 9.15. The molecule has 1 aliphatic heterocycles. The summed E-state index contributed by atoms with van der Waals surface area (Å²) in [6.45, 7) is 0.255. The summed E-state index contributed by atoms with van der Waals surface area (Å²) in [6, 6.07) is 4.42. The lowest BCUT2D eigenvalue weighted by atomic mass is 9.94. The predicted octanol–water partition coefficient (Wildman–Crippen LogP) is 2.26. The predicted molar refractivity (Wildman–Crippen MR) is 75.9 cm³/mol. The largest absolute Gasteiger partial charge is 0.492 e. The highest BCUT2D eigenvalue weighted by molar-refractivity contribution is 8.13. The topological polar surface area (TPSA) is 69.7 Å². The van der Waals surface area contributed by atoms with Crippen LogP contribution in [-0.4, -0.2) is 27.1 Å². The zero-order valence-electron chi connectivity index (χ0n) is 11.2. The third-order valence-corrected chi connectivity index (χ3v) is 5.24. The lowest BCUT2D eigenvalue weighted by molar-refractivity contribution is -0.159. The van der Waals surface area contributed by atoms with Gasteiger partial charge in [0, 0.05) is 10.7 Å². The van der Waals surface area contributed by atoms with E-state index < -0.39 is 15.0 Å². The van der Waals surface area contributed by atoms with Crippen molar-refractivity contribution >= 4 is 25.7 Å². The number of benzene rings is 1. The summed E-state index contributed by atoms with van der Waals surface area (Å²) < 4.78 is 33.6. The minimum atomic E-state index is -3.79. The van der Waals surface area contributed by atoms with Crippen LogP contribution in [0.4, 0.5) is 0 Å². The third kappa shape index (κ3) is 3.16. The molecule has 21 heavy (non-hydrogen) atoms. The van der Waals surface area contributed by atoms with Crippen molar-refractivity contribution in [2.45, 2.75) is 36.7 Å². The van der Waals surface area contributed by atoms with Crippen molar-refractivity contribution in [2.24, 2.45) is 5.92 Å². The van der Waals surface area contributed by atoms with E-state index in [1.807, 2.05) is 0 Å². The highest BCUT2D eigenvalue weighted by Gasteiger charge is 2.31. The number of fused-ring (bicyclic) bond motifs is 1. The average Bonchev–Trinajstić information content (AvgIpc) is 2.40. The molecule has 2 aliphatic rings. The van der Waals surface area contributed by atoms with Crippen molar-refractivity contribution in [1.29, 1.82) is 0 Å². The zero-order chi connectivity index (χ0) is 15.0. The smallest absolute Gasteiger partial charge is 0.313 e. The van der Waals surface area contributed by atoms with Crippen molar-refractivity contribution < 1.29 is 22.7 Å². The van der Waals surface area contributed by atoms with Gasteiger partial charge in [-0.05, 0) is 49.4 Å². The van der Waals surface area contributed by atoms with Gasteiger partial charge in [-0.2, -0.15) is 0 Å². The van der Waals surface area contributed by atoms with Gasteiger partial charge >= 0.3 is 5.97 Å². The monoisotopic (exact) mass is 330 g/mol. The van der Waals surface area contributed by atoms with Crippen LogP contribution in [0.1, 0.15) is 24.8 Å². The van der Waals surface area contributed by atoms with Crippen LogP contribution in [-0.2, 0) is 25.0 Å². The molecule has 0 saturated heterocycles. The second kappa shape index (κ2) is 5.50. The van der Waals surface area contributed by atoms with E-state index in [-0.39, 0.29) is 23.6 Å². The van der Waals surface area contributed by atoms with Crippen LogP contribution in [0.15, 0.2) is 23.1 Å². The Hall–Kier alpha value is -1.27. The van der Waals surface area contributed by atoms with Gasteiger partial charge in [-0.1, -0.05) is 0 Å². The fraction of sp³-hybridized carbons (Fsp3) is 0.500. The summed E-state index contributed by atoms with van der Waals surface area (Å²) in [5.74, 6) is -0.0809. The molecule has 1 fully saturated rings. The number of carbonyl (C=O) groups excluding carboxylic acids is 1. The van der Waals surface area contributed by atoms with E-state index in [2.05, 4.69) is 0 Å². The number of halogens is 1. The van der Waals surface area contributed by atoms with E-state index in [0.717, 1.165) is 19.3 Å². The quantitative estimate of drug-likeness (QED) is 0.628. The molecule has 1 aromatic carbocycles. The van der Waals surface area contributed by atoms with Gasteiger partial charge in [0.1, 0.15) is 18.5 Å². The molecule has 0 amide bonds. The lowest BCUT2D eigenvalue weighted by Crippen LogP contribution is -2.34. The molecule has 7 heteroatoms. The Bertz CT molecular complexity index is 666. The van der Waals surface area contributed by atoms with Gasteiger partial charge in [-0.25, -0.2) is 8.42 Å². The highest BCUT2D eigenvalue weighted by Crippen LogP contribution is 2.32. The van der Waals surface area contributed by atoms with E-state index in [9.17, 15) is 13.2 Å².